The van der Waals surface area contributed by atoms with Crippen LogP contribution in [0.15, 0.2) is 24.3 Å². The molecule has 10 heteroatoms. The van der Waals surface area contributed by atoms with Gasteiger partial charge < -0.3 is 4.90 Å². The van der Waals surface area contributed by atoms with E-state index in [1.165, 1.54) is 4.31 Å². The highest BCUT2D eigenvalue weighted by atomic mass is 32.2. The molecule has 1 unspecified atom stereocenters. The Labute approximate surface area is 171 Å². The molecule has 1 aromatic carbocycles. The maximum Gasteiger partial charge on any atom is 0.223 e. The number of ketones is 1. The monoisotopic (exact) mass is 442 g/mol. The summed E-state index contributed by atoms with van der Waals surface area (Å²) in [5, 5.41) is -0.887. The predicted octanol–water partition coefficient (Wildman–Crippen LogP) is 0.619. The Kier molecular flexibility index (Phi) is 6.45. The van der Waals surface area contributed by atoms with Gasteiger partial charge in [0.15, 0.2) is 15.6 Å². The van der Waals surface area contributed by atoms with Crippen molar-refractivity contribution in [3.63, 3.8) is 0 Å². The largest absolute Gasteiger partial charge is 0.340 e. The number of benzene rings is 1. The maximum atomic E-state index is 12.7. The van der Waals surface area contributed by atoms with Crippen LogP contribution in [0.4, 0.5) is 0 Å². The van der Waals surface area contributed by atoms with Crippen LogP contribution in [0.2, 0.25) is 0 Å². The van der Waals surface area contributed by atoms with Crippen LogP contribution in [-0.2, 0) is 24.7 Å². The first-order valence-electron chi connectivity index (χ1n) is 9.65. The van der Waals surface area contributed by atoms with E-state index in [0.717, 1.165) is 5.56 Å². The van der Waals surface area contributed by atoms with Gasteiger partial charge in [0, 0.05) is 44.6 Å². The second-order valence-corrected chi connectivity index (χ2v) is 12.1. The highest BCUT2D eigenvalue weighted by Gasteiger charge is 2.41. The van der Waals surface area contributed by atoms with Crippen LogP contribution in [0.5, 0.6) is 0 Å². The van der Waals surface area contributed by atoms with Gasteiger partial charge in [-0.1, -0.05) is 29.8 Å². The molecule has 8 nitrogen and oxygen atoms in total. The van der Waals surface area contributed by atoms with Gasteiger partial charge in [0.1, 0.15) is 0 Å². The lowest BCUT2D eigenvalue weighted by Crippen LogP contribution is -2.52. The Balaban J connectivity index is 1.49. The van der Waals surface area contributed by atoms with Gasteiger partial charge in [-0.2, -0.15) is 4.31 Å². The van der Waals surface area contributed by atoms with E-state index >= 15 is 0 Å². The van der Waals surface area contributed by atoms with Gasteiger partial charge >= 0.3 is 0 Å². The molecule has 0 aromatic heterocycles. The number of Topliss-reactive ketones (excluding diaryl/α,β-unsaturated/α-hetero) is 1. The number of carbonyl (C=O) groups excluding carboxylic acids is 2. The number of piperazine rings is 1. The van der Waals surface area contributed by atoms with Crippen molar-refractivity contribution in [1.82, 2.24) is 9.21 Å². The minimum atomic E-state index is -3.69. The molecule has 2 saturated heterocycles. The molecular formula is C19H26N2O6S2. The fourth-order valence-corrected chi connectivity index (χ4v) is 8.17. The molecule has 0 radical (unpaired) electrons. The molecule has 0 saturated carbocycles. The summed E-state index contributed by atoms with van der Waals surface area (Å²) < 4.78 is 49.8. The summed E-state index contributed by atoms with van der Waals surface area (Å²) in [5.41, 5.74) is 1.63. The summed E-state index contributed by atoms with van der Waals surface area (Å²) in [7, 11) is -6.97. The molecule has 0 aliphatic carbocycles. The van der Waals surface area contributed by atoms with Crippen molar-refractivity contribution in [3.8, 4) is 0 Å². The molecular weight excluding hydrogens is 416 g/mol. The maximum absolute atomic E-state index is 12.7. The first-order chi connectivity index (χ1) is 13.6. The fourth-order valence-electron chi connectivity index (χ4n) is 3.66. The summed E-state index contributed by atoms with van der Waals surface area (Å²) >= 11 is 0. The highest BCUT2D eigenvalue weighted by molar-refractivity contribution is 7.95. The Morgan fingerprint density at radius 1 is 1.03 bits per heavy atom. The third-order valence-corrected chi connectivity index (χ3v) is 9.81. The Hall–Kier alpha value is -1.78. The van der Waals surface area contributed by atoms with E-state index in [9.17, 15) is 26.4 Å². The lowest BCUT2D eigenvalue weighted by molar-refractivity contribution is -0.132. The first-order valence-corrected chi connectivity index (χ1v) is 13.0. The fraction of sp³-hybridized carbons (Fsp3) is 0.579. The number of amides is 1. The van der Waals surface area contributed by atoms with Gasteiger partial charge in [0.2, 0.25) is 15.9 Å². The smallest absolute Gasteiger partial charge is 0.223 e. The van der Waals surface area contributed by atoms with Gasteiger partial charge in [-0.15, -0.1) is 0 Å². The lowest BCUT2D eigenvalue weighted by atomic mass is 10.0. The van der Waals surface area contributed by atoms with E-state index in [1.54, 1.807) is 17.0 Å². The van der Waals surface area contributed by atoms with Gasteiger partial charge in [0.25, 0.3) is 0 Å². The van der Waals surface area contributed by atoms with Crippen LogP contribution in [0, 0.1) is 6.92 Å². The predicted molar refractivity (Wildman–Crippen MR) is 109 cm³/mol. The zero-order valence-corrected chi connectivity index (χ0v) is 18.0. The molecule has 0 bridgehead atoms. The quantitative estimate of drug-likeness (QED) is 0.598. The molecule has 0 spiro atoms. The van der Waals surface area contributed by atoms with E-state index in [4.69, 9.17) is 0 Å². The summed E-state index contributed by atoms with van der Waals surface area (Å²) in [6, 6.07) is 7.19. The Morgan fingerprint density at radius 3 is 2.21 bits per heavy atom. The van der Waals surface area contributed by atoms with E-state index in [1.807, 2.05) is 19.1 Å². The molecule has 2 aliphatic heterocycles. The third-order valence-electron chi connectivity index (χ3n) is 5.50. The molecule has 2 heterocycles. The average molecular weight is 443 g/mol. The molecule has 160 valence electrons. The first kappa shape index (κ1) is 21.9. The minimum Gasteiger partial charge on any atom is -0.340 e. The average Bonchev–Trinajstić information content (AvgIpc) is 3.07. The number of nitrogens with zero attached hydrogens (tertiary/aromatic N) is 2. The van der Waals surface area contributed by atoms with Crippen LogP contribution < -0.4 is 0 Å². The van der Waals surface area contributed by atoms with E-state index < -0.39 is 25.1 Å². The van der Waals surface area contributed by atoms with E-state index in [-0.39, 0.29) is 68.6 Å². The van der Waals surface area contributed by atoms with Crippen LogP contribution in [0.25, 0.3) is 0 Å². The van der Waals surface area contributed by atoms with Crippen molar-refractivity contribution in [2.45, 2.75) is 31.4 Å². The molecule has 0 N–H and O–H groups in total. The summed E-state index contributed by atoms with van der Waals surface area (Å²) in [6.45, 7) is 2.73. The second-order valence-electron chi connectivity index (χ2n) is 7.64. The SMILES string of the molecule is Cc1ccc(C(=O)CCC(=O)N2CCN(S(=O)(=O)C3CCS(=O)(=O)C3)CC2)cc1. The number of rotatable bonds is 6. The van der Waals surface area contributed by atoms with Crippen LogP contribution in [0.1, 0.15) is 35.2 Å². The number of hydrogen-bond acceptors (Lipinski definition) is 6. The normalized spacial score (nSPS) is 22.5. The summed E-state index contributed by atoms with van der Waals surface area (Å²) in [6.07, 6.45) is 0.325. The van der Waals surface area contributed by atoms with E-state index in [0.29, 0.717) is 5.56 Å². The molecule has 1 atom stereocenters. The summed E-state index contributed by atoms with van der Waals surface area (Å²) in [5.74, 6) is -0.687. The molecule has 2 fully saturated rings. The second kappa shape index (κ2) is 8.53. The number of hydrogen-bond donors (Lipinski definition) is 0. The van der Waals surface area contributed by atoms with Crippen LogP contribution >= 0.6 is 0 Å². The molecule has 1 amide bonds. The van der Waals surface area contributed by atoms with Crippen molar-refractivity contribution in [3.05, 3.63) is 35.4 Å². The zero-order chi connectivity index (χ0) is 21.2. The highest BCUT2D eigenvalue weighted by Crippen LogP contribution is 2.23. The topological polar surface area (TPSA) is 109 Å². The van der Waals surface area contributed by atoms with Crippen molar-refractivity contribution in [1.29, 1.82) is 0 Å². The number of aryl methyl sites for hydroxylation is 1. The van der Waals surface area contributed by atoms with E-state index in [2.05, 4.69) is 0 Å². The van der Waals surface area contributed by atoms with Gasteiger partial charge in [-0.05, 0) is 13.3 Å². The summed E-state index contributed by atoms with van der Waals surface area (Å²) in [4.78, 5) is 26.2. The van der Waals surface area contributed by atoms with Crippen molar-refractivity contribution in [2.24, 2.45) is 0 Å². The van der Waals surface area contributed by atoms with Crippen molar-refractivity contribution in [2.75, 3.05) is 37.7 Å². The number of carbonyl (C=O) groups is 2. The Morgan fingerprint density at radius 2 is 1.66 bits per heavy atom. The van der Waals surface area contributed by atoms with Gasteiger partial charge in [-0.25, -0.2) is 16.8 Å². The lowest BCUT2D eigenvalue weighted by Gasteiger charge is -2.35. The minimum absolute atomic E-state index is 0.0837. The molecule has 1 aromatic rings. The third kappa shape index (κ3) is 5.23. The van der Waals surface area contributed by atoms with Crippen molar-refractivity contribution < 1.29 is 26.4 Å². The Bertz CT molecular complexity index is 978. The molecule has 2 aliphatic rings. The van der Waals surface area contributed by atoms with Gasteiger partial charge in [0.05, 0.1) is 16.8 Å². The zero-order valence-electron chi connectivity index (χ0n) is 16.4. The number of sulfonamides is 1. The van der Waals surface area contributed by atoms with Crippen molar-refractivity contribution >= 4 is 31.6 Å². The van der Waals surface area contributed by atoms with Crippen LogP contribution in [0.3, 0.4) is 0 Å². The van der Waals surface area contributed by atoms with Crippen LogP contribution in [-0.4, -0.2) is 80.7 Å². The standard InChI is InChI=1S/C19H26N2O6S2/c1-15-2-4-16(5-3-15)18(22)6-7-19(23)20-9-11-21(12-10-20)29(26,27)17-8-13-28(24,25)14-17/h2-5,17H,6-14H2,1H3. The molecule has 3 rings (SSSR count). The van der Waals surface area contributed by atoms with Gasteiger partial charge in [-0.3, -0.25) is 9.59 Å². The number of sulfone groups is 1. The molecule has 29 heavy (non-hydrogen) atoms.